The molecule has 1 heterocycles. The molecule has 0 saturated carbocycles. The normalized spacial score (nSPS) is 10.2. The van der Waals surface area contributed by atoms with Crippen molar-refractivity contribution in [2.75, 3.05) is 26.6 Å². The highest BCUT2D eigenvalue weighted by Gasteiger charge is 2.14. The van der Waals surface area contributed by atoms with E-state index in [1.807, 2.05) is 12.1 Å². The van der Waals surface area contributed by atoms with Crippen LogP contribution in [-0.4, -0.2) is 38.1 Å². The number of anilines is 1. The zero-order chi connectivity index (χ0) is 20.1. The zero-order valence-electron chi connectivity index (χ0n) is 15.6. The maximum Gasteiger partial charge on any atom is 0.275 e. The predicted octanol–water partition coefficient (Wildman–Crippen LogP) is 3.44. The third-order valence-corrected chi connectivity index (χ3v) is 4.89. The van der Waals surface area contributed by atoms with Gasteiger partial charge >= 0.3 is 0 Å². The van der Waals surface area contributed by atoms with Crippen LogP contribution >= 0.6 is 11.3 Å². The molecule has 3 rings (SSSR count). The fourth-order valence-electron chi connectivity index (χ4n) is 2.52. The molecule has 0 unspecified atom stereocenters. The Morgan fingerprint density at radius 2 is 1.68 bits per heavy atom. The summed E-state index contributed by atoms with van der Waals surface area (Å²) in [5.41, 5.74) is 2.24. The molecule has 2 N–H and O–H groups in total. The van der Waals surface area contributed by atoms with E-state index in [2.05, 4.69) is 15.6 Å². The Kier molecular flexibility index (Phi) is 5.90. The van der Waals surface area contributed by atoms with Gasteiger partial charge in [0, 0.05) is 29.2 Å². The monoisotopic (exact) mass is 397 g/mol. The largest absolute Gasteiger partial charge is 0.493 e. The molecule has 0 atom stereocenters. The predicted molar refractivity (Wildman–Crippen MR) is 108 cm³/mol. The van der Waals surface area contributed by atoms with Crippen LogP contribution in [0.4, 0.5) is 5.69 Å². The number of methoxy groups -OCH3 is 2. The lowest BCUT2D eigenvalue weighted by Gasteiger charge is -2.08. The molecular formula is C20H19N3O4S. The SMILES string of the molecule is CNC(=O)c1ccc(NC(=O)c2csc(-c3ccc(OC)c(OC)c3)n2)cc1. The number of amides is 2. The average molecular weight is 397 g/mol. The molecule has 7 nitrogen and oxygen atoms in total. The van der Waals surface area contributed by atoms with Crippen LogP contribution in [0.3, 0.4) is 0 Å². The number of rotatable bonds is 6. The quantitative estimate of drug-likeness (QED) is 0.665. The van der Waals surface area contributed by atoms with Crippen molar-refractivity contribution in [3.63, 3.8) is 0 Å². The summed E-state index contributed by atoms with van der Waals surface area (Å²) in [6.45, 7) is 0. The summed E-state index contributed by atoms with van der Waals surface area (Å²) in [6, 6.07) is 12.1. The van der Waals surface area contributed by atoms with Gasteiger partial charge in [0.1, 0.15) is 10.7 Å². The van der Waals surface area contributed by atoms with Crippen molar-refractivity contribution >= 4 is 28.8 Å². The van der Waals surface area contributed by atoms with E-state index in [1.54, 1.807) is 57.0 Å². The lowest BCUT2D eigenvalue weighted by molar-refractivity contribution is 0.0962. The number of nitrogens with zero attached hydrogens (tertiary/aromatic N) is 1. The van der Waals surface area contributed by atoms with Crippen molar-refractivity contribution in [1.82, 2.24) is 10.3 Å². The Hall–Kier alpha value is -3.39. The van der Waals surface area contributed by atoms with Crippen molar-refractivity contribution < 1.29 is 19.1 Å². The number of nitrogens with one attached hydrogen (secondary N) is 2. The second kappa shape index (κ2) is 8.53. The first kappa shape index (κ1) is 19.4. The van der Waals surface area contributed by atoms with Gasteiger partial charge in [-0.25, -0.2) is 4.98 Å². The van der Waals surface area contributed by atoms with Gasteiger partial charge in [0.05, 0.1) is 14.2 Å². The molecular weight excluding hydrogens is 378 g/mol. The average Bonchev–Trinajstić information content (AvgIpc) is 3.23. The maximum absolute atomic E-state index is 12.5. The summed E-state index contributed by atoms with van der Waals surface area (Å²) in [7, 11) is 4.71. The molecule has 28 heavy (non-hydrogen) atoms. The van der Waals surface area contributed by atoms with Gasteiger partial charge in [-0.1, -0.05) is 0 Å². The van der Waals surface area contributed by atoms with Crippen LogP contribution in [-0.2, 0) is 0 Å². The molecule has 8 heteroatoms. The number of hydrogen-bond acceptors (Lipinski definition) is 6. The highest BCUT2D eigenvalue weighted by atomic mass is 32.1. The Balaban J connectivity index is 1.74. The smallest absolute Gasteiger partial charge is 0.275 e. The molecule has 1 aromatic heterocycles. The van der Waals surface area contributed by atoms with Gasteiger partial charge in [0.25, 0.3) is 11.8 Å². The molecule has 0 aliphatic heterocycles. The van der Waals surface area contributed by atoms with E-state index in [0.29, 0.717) is 33.5 Å². The first-order chi connectivity index (χ1) is 13.5. The van der Waals surface area contributed by atoms with Crippen LogP contribution in [0.15, 0.2) is 47.8 Å². The molecule has 3 aromatic rings. The second-order valence-electron chi connectivity index (χ2n) is 5.72. The Labute approximate surface area is 166 Å². The van der Waals surface area contributed by atoms with E-state index in [9.17, 15) is 9.59 Å². The Morgan fingerprint density at radius 3 is 2.32 bits per heavy atom. The van der Waals surface area contributed by atoms with Gasteiger partial charge in [-0.15, -0.1) is 11.3 Å². The molecule has 0 bridgehead atoms. The van der Waals surface area contributed by atoms with Crippen molar-refractivity contribution in [1.29, 1.82) is 0 Å². The highest BCUT2D eigenvalue weighted by Crippen LogP contribution is 2.33. The van der Waals surface area contributed by atoms with Crippen molar-refractivity contribution in [2.24, 2.45) is 0 Å². The van der Waals surface area contributed by atoms with E-state index in [0.717, 1.165) is 5.56 Å². The molecule has 0 aliphatic carbocycles. The number of thiazole rings is 1. The molecule has 0 fully saturated rings. The van der Waals surface area contributed by atoms with Crippen LogP contribution in [0, 0.1) is 0 Å². The van der Waals surface area contributed by atoms with Gasteiger partial charge in [-0.3, -0.25) is 9.59 Å². The van der Waals surface area contributed by atoms with Crippen LogP contribution in [0.2, 0.25) is 0 Å². The lowest BCUT2D eigenvalue weighted by Crippen LogP contribution is -2.18. The van der Waals surface area contributed by atoms with Gasteiger partial charge in [0.15, 0.2) is 11.5 Å². The third-order valence-electron chi connectivity index (χ3n) is 4.00. The second-order valence-corrected chi connectivity index (χ2v) is 6.58. The first-order valence-electron chi connectivity index (χ1n) is 8.37. The minimum Gasteiger partial charge on any atom is -0.493 e. The van der Waals surface area contributed by atoms with E-state index in [-0.39, 0.29) is 11.8 Å². The fraction of sp³-hybridized carbons (Fsp3) is 0.150. The minimum absolute atomic E-state index is 0.183. The van der Waals surface area contributed by atoms with Crippen LogP contribution < -0.4 is 20.1 Å². The van der Waals surface area contributed by atoms with Gasteiger partial charge in [-0.05, 0) is 42.5 Å². The van der Waals surface area contributed by atoms with Crippen molar-refractivity contribution in [2.45, 2.75) is 0 Å². The highest BCUT2D eigenvalue weighted by molar-refractivity contribution is 7.13. The third kappa shape index (κ3) is 4.12. The van der Waals surface area contributed by atoms with Crippen molar-refractivity contribution in [3.05, 3.63) is 59.1 Å². The Morgan fingerprint density at radius 1 is 0.964 bits per heavy atom. The van der Waals surface area contributed by atoms with Gasteiger partial charge in [-0.2, -0.15) is 0 Å². The molecule has 0 radical (unpaired) electrons. The number of carbonyl (C=O) groups is 2. The van der Waals surface area contributed by atoms with Gasteiger partial charge < -0.3 is 20.1 Å². The summed E-state index contributed by atoms with van der Waals surface area (Å²) in [5, 5.41) is 7.72. The standard InChI is InChI=1S/C20H19N3O4S/c1-21-18(24)12-4-7-14(8-5-12)22-19(25)15-11-28-20(23-15)13-6-9-16(26-2)17(10-13)27-3/h4-11H,1-3H3,(H,21,24)(H,22,25). The molecule has 2 amide bonds. The molecule has 2 aromatic carbocycles. The van der Waals surface area contributed by atoms with Crippen LogP contribution in [0.5, 0.6) is 11.5 Å². The minimum atomic E-state index is -0.323. The number of ether oxygens (including phenoxy) is 2. The number of benzene rings is 2. The zero-order valence-corrected chi connectivity index (χ0v) is 16.4. The Bertz CT molecular complexity index is 999. The number of hydrogen-bond donors (Lipinski definition) is 2. The van der Waals surface area contributed by atoms with E-state index in [1.165, 1.54) is 11.3 Å². The number of aromatic nitrogens is 1. The van der Waals surface area contributed by atoms with E-state index in [4.69, 9.17) is 9.47 Å². The fourth-order valence-corrected chi connectivity index (χ4v) is 3.32. The molecule has 0 saturated heterocycles. The van der Waals surface area contributed by atoms with Crippen LogP contribution in [0.1, 0.15) is 20.8 Å². The topological polar surface area (TPSA) is 89.6 Å². The summed E-state index contributed by atoms with van der Waals surface area (Å²) >= 11 is 1.36. The summed E-state index contributed by atoms with van der Waals surface area (Å²) in [4.78, 5) is 28.4. The molecule has 0 spiro atoms. The van der Waals surface area contributed by atoms with E-state index >= 15 is 0 Å². The molecule has 0 aliphatic rings. The van der Waals surface area contributed by atoms with Gasteiger partial charge in [0.2, 0.25) is 0 Å². The maximum atomic E-state index is 12.5. The molecule has 144 valence electrons. The summed E-state index contributed by atoms with van der Waals surface area (Å²) in [5.74, 6) is 0.714. The number of carbonyl (C=O) groups excluding carboxylic acids is 2. The van der Waals surface area contributed by atoms with Crippen LogP contribution in [0.25, 0.3) is 10.6 Å². The van der Waals surface area contributed by atoms with Crippen molar-refractivity contribution in [3.8, 4) is 22.1 Å². The lowest BCUT2D eigenvalue weighted by atomic mass is 10.2. The summed E-state index contributed by atoms with van der Waals surface area (Å²) in [6.07, 6.45) is 0. The first-order valence-corrected chi connectivity index (χ1v) is 9.25. The van der Waals surface area contributed by atoms with E-state index < -0.39 is 0 Å². The summed E-state index contributed by atoms with van der Waals surface area (Å²) < 4.78 is 10.5.